The summed E-state index contributed by atoms with van der Waals surface area (Å²) in [7, 11) is 0. The van der Waals surface area contributed by atoms with Gasteiger partial charge in [-0.3, -0.25) is 0 Å². The minimum Gasteiger partial charge on any atom is -0.376 e. The molecule has 2 N–H and O–H groups in total. The maximum atomic E-state index is 5.62. The monoisotopic (exact) mass is 312 g/mol. The van der Waals surface area contributed by atoms with Crippen LogP contribution in [0.25, 0.3) is 0 Å². The van der Waals surface area contributed by atoms with Crippen molar-refractivity contribution in [2.45, 2.75) is 31.9 Å². The SMILES string of the molecule is Brc1nc2c(c(NCC3CCCO3)n1)CNCC2. The molecule has 5 nitrogen and oxygen atoms in total. The Labute approximate surface area is 115 Å². The van der Waals surface area contributed by atoms with E-state index in [9.17, 15) is 0 Å². The highest BCUT2D eigenvalue weighted by Crippen LogP contribution is 2.22. The molecule has 0 saturated carbocycles. The predicted octanol–water partition coefficient (Wildman–Crippen LogP) is 1.48. The first-order valence-corrected chi connectivity index (χ1v) is 7.24. The number of hydrogen-bond donors (Lipinski definition) is 2. The van der Waals surface area contributed by atoms with Crippen molar-refractivity contribution in [3.05, 3.63) is 16.0 Å². The van der Waals surface area contributed by atoms with Crippen LogP contribution in [0.2, 0.25) is 0 Å². The van der Waals surface area contributed by atoms with Crippen LogP contribution < -0.4 is 10.6 Å². The highest BCUT2D eigenvalue weighted by molar-refractivity contribution is 9.10. The average molecular weight is 313 g/mol. The molecule has 0 bridgehead atoms. The van der Waals surface area contributed by atoms with Crippen molar-refractivity contribution in [3.8, 4) is 0 Å². The molecule has 1 saturated heterocycles. The van der Waals surface area contributed by atoms with Crippen LogP contribution in [0.15, 0.2) is 4.73 Å². The summed E-state index contributed by atoms with van der Waals surface area (Å²) >= 11 is 3.38. The second-order valence-electron chi connectivity index (χ2n) is 4.71. The number of hydrogen-bond acceptors (Lipinski definition) is 5. The third kappa shape index (κ3) is 2.65. The summed E-state index contributed by atoms with van der Waals surface area (Å²) in [6, 6.07) is 0. The van der Waals surface area contributed by atoms with Gasteiger partial charge in [-0.05, 0) is 28.8 Å². The van der Waals surface area contributed by atoms with E-state index in [0.717, 1.165) is 50.6 Å². The normalized spacial score (nSPS) is 22.8. The van der Waals surface area contributed by atoms with Gasteiger partial charge in [0.15, 0.2) is 4.73 Å². The van der Waals surface area contributed by atoms with Gasteiger partial charge < -0.3 is 15.4 Å². The fourth-order valence-electron chi connectivity index (χ4n) is 2.48. The Morgan fingerprint density at radius 1 is 1.44 bits per heavy atom. The molecule has 0 radical (unpaired) electrons. The molecule has 3 rings (SSSR count). The van der Waals surface area contributed by atoms with Crippen LogP contribution in [0.4, 0.5) is 5.82 Å². The van der Waals surface area contributed by atoms with E-state index in [4.69, 9.17) is 4.74 Å². The fraction of sp³-hybridized carbons (Fsp3) is 0.667. The zero-order valence-electron chi connectivity index (χ0n) is 10.2. The van der Waals surface area contributed by atoms with Crippen LogP contribution in [-0.4, -0.2) is 35.8 Å². The van der Waals surface area contributed by atoms with E-state index >= 15 is 0 Å². The number of halogens is 1. The van der Waals surface area contributed by atoms with Crippen molar-refractivity contribution < 1.29 is 4.74 Å². The quantitative estimate of drug-likeness (QED) is 0.828. The molecular formula is C12H17BrN4O. The summed E-state index contributed by atoms with van der Waals surface area (Å²) in [5, 5.41) is 6.77. The minimum absolute atomic E-state index is 0.325. The van der Waals surface area contributed by atoms with Gasteiger partial charge in [0.05, 0.1) is 11.8 Å². The number of fused-ring (bicyclic) bond motifs is 1. The van der Waals surface area contributed by atoms with Gasteiger partial charge in [0.25, 0.3) is 0 Å². The standard InChI is InChI=1S/C12H17BrN4O/c13-12-16-10-3-4-14-7-9(10)11(17-12)15-6-8-2-1-5-18-8/h8,14H,1-7H2,(H,15,16,17). The summed E-state index contributed by atoms with van der Waals surface area (Å²) in [5.74, 6) is 0.939. The summed E-state index contributed by atoms with van der Waals surface area (Å²) in [4.78, 5) is 8.89. The van der Waals surface area contributed by atoms with Crippen LogP contribution in [0.5, 0.6) is 0 Å². The number of anilines is 1. The van der Waals surface area contributed by atoms with E-state index in [2.05, 4.69) is 36.5 Å². The predicted molar refractivity (Wildman–Crippen MR) is 72.6 cm³/mol. The van der Waals surface area contributed by atoms with Crippen LogP contribution in [0.1, 0.15) is 24.1 Å². The smallest absolute Gasteiger partial charge is 0.198 e. The van der Waals surface area contributed by atoms with Crippen molar-refractivity contribution in [1.29, 1.82) is 0 Å². The van der Waals surface area contributed by atoms with Gasteiger partial charge in [0.1, 0.15) is 5.82 Å². The lowest BCUT2D eigenvalue weighted by Gasteiger charge is -2.20. The molecule has 6 heteroatoms. The van der Waals surface area contributed by atoms with E-state index in [0.29, 0.717) is 10.8 Å². The van der Waals surface area contributed by atoms with E-state index in [1.165, 1.54) is 12.0 Å². The Morgan fingerprint density at radius 3 is 3.22 bits per heavy atom. The molecule has 18 heavy (non-hydrogen) atoms. The summed E-state index contributed by atoms with van der Waals surface area (Å²) in [5.41, 5.74) is 2.34. The van der Waals surface area contributed by atoms with Crippen molar-refractivity contribution in [3.63, 3.8) is 0 Å². The third-order valence-electron chi connectivity index (χ3n) is 3.43. The second-order valence-corrected chi connectivity index (χ2v) is 5.42. The van der Waals surface area contributed by atoms with Crippen molar-refractivity contribution in [1.82, 2.24) is 15.3 Å². The van der Waals surface area contributed by atoms with E-state index < -0.39 is 0 Å². The Kier molecular flexibility index (Phi) is 3.77. The number of nitrogens with zero attached hydrogens (tertiary/aromatic N) is 2. The van der Waals surface area contributed by atoms with E-state index in [-0.39, 0.29) is 0 Å². The van der Waals surface area contributed by atoms with Crippen molar-refractivity contribution in [2.75, 3.05) is 25.0 Å². The van der Waals surface area contributed by atoms with Gasteiger partial charge >= 0.3 is 0 Å². The zero-order valence-corrected chi connectivity index (χ0v) is 11.8. The fourth-order valence-corrected chi connectivity index (χ4v) is 2.87. The topological polar surface area (TPSA) is 59.1 Å². The molecule has 2 aliphatic heterocycles. The maximum absolute atomic E-state index is 5.62. The number of aromatic nitrogens is 2. The lowest BCUT2D eigenvalue weighted by Crippen LogP contribution is -2.28. The maximum Gasteiger partial charge on any atom is 0.198 e. The molecule has 98 valence electrons. The van der Waals surface area contributed by atoms with Gasteiger partial charge in [-0.25, -0.2) is 9.97 Å². The average Bonchev–Trinajstić information content (AvgIpc) is 2.89. The zero-order chi connectivity index (χ0) is 12.4. The Bertz CT molecular complexity index is 434. The van der Waals surface area contributed by atoms with Crippen LogP contribution in [0, 0.1) is 0 Å². The molecule has 1 aromatic heterocycles. The summed E-state index contributed by atoms with van der Waals surface area (Å²) < 4.78 is 6.28. The molecule has 1 unspecified atom stereocenters. The highest BCUT2D eigenvalue weighted by Gasteiger charge is 2.19. The molecule has 1 fully saturated rings. The minimum atomic E-state index is 0.325. The van der Waals surface area contributed by atoms with Crippen LogP contribution in [-0.2, 0) is 17.7 Å². The molecule has 2 aliphatic rings. The molecule has 0 aliphatic carbocycles. The van der Waals surface area contributed by atoms with E-state index in [1.807, 2.05) is 0 Å². The van der Waals surface area contributed by atoms with Crippen LogP contribution in [0.3, 0.4) is 0 Å². The second kappa shape index (κ2) is 5.50. The van der Waals surface area contributed by atoms with Gasteiger partial charge in [0.2, 0.25) is 0 Å². The lowest BCUT2D eigenvalue weighted by atomic mass is 10.1. The van der Waals surface area contributed by atoms with Gasteiger partial charge in [-0.2, -0.15) is 0 Å². The highest BCUT2D eigenvalue weighted by atomic mass is 79.9. The number of ether oxygens (including phenoxy) is 1. The van der Waals surface area contributed by atoms with E-state index in [1.54, 1.807) is 0 Å². The molecule has 1 aromatic rings. The van der Waals surface area contributed by atoms with Crippen LogP contribution >= 0.6 is 15.9 Å². The first-order chi connectivity index (χ1) is 8.83. The Hall–Kier alpha value is -0.720. The largest absolute Gasteiger partial charge is 0.376 e. The third-order valence-corrected chi connectivity index (χ3v) is 3.78. The Balaban J connectivity index is 1.75. The molecule has 3 heterocycles. The van der Waals surface area contributed by atoms with Crippen molar-refractivity contribution in [2.24, 2.45) is 0 Å². The first-order valence-electron chi connectivity index (χ1n) is 6.44. The molecule has 0 spiro atoms. The van der Waals surface area contributed by atoms with Gasteiger partial charge in [-0.15, -0.1) is 0 Å². The lowest BCUT2D eigenvalue weighted by molar-refractivity contribution is 0.120. The summed E-state index contributed by atoms with van der Waals surface area (Å²) in [6.07, 6.45) is 3.59. The van der Waals surface area contributed by atoms with Gasteiger partial charge in [0, 0.05) is 38.2 Å². The Morgan fingerprint density at radius 2 is 2.39 bits per heavy atom. The number of nitrogens with one attached hydrogen (secondary N) is 2. The molecule has 0 aromatic carbocycles. The first kappa shape index (κ1) is 12.3. The molecule has 1 atom stereocenters. The molecule has 0 amide bonds. The number of rotatable bonds is 3. The molecular weight excluding hydrogens is 296 g/mol. The van der Waals surface area contributed by atoms with Crippen molar-refractivity contribution >= 4 is 21.7 Å². The van der Waals surface area contributed by atoms with Gasteiger partial charge in [-0.1, -0.05) is 0 Å². The summed E-state index contributed by atoms with van der Waals surface area (Å²) in [6.45, 7) is 3.55.